The normalized spacial score (nSPS) is 48.2. The largest absolute Gasteiger partial charge is 0.388 e. The van der Waals surface area contributed by atoms with Crippen LogP contribution in [-0.2, 0) is 0 Å². The summed E-state index contributed by atoms with van der Waals surface area (Å²) < 4.78 is 0. The SMILES string of the molecule is CCC1(C)[C@](N)(CC)CN(C)C[C@@]1(C)O. The summed E-state index contributed by atoms with van der Waals surface area (Å²) in [5.41, 5.74) is 5.30. The fourth-order valence-electron chi connectivity index (χ4n) is 3.18. The van der Waals surface area contributed by atoms with Crippen molar-refractivity contribution in [3.8, 4) is 0 Å². The van der Waals surface area contributed by atoms with Crippen molar-refractivity contribution in [1.29, 1.82) is 0 Å². The number of nitrogens with zero attached hydrogens (tertiary/aromatic N) is 1. The lowest BCUT2D eigenvalue weighted by atomic mass is 9.56. The Balaban J connectivity index is 3.15. The molecule has 1 heterocycles. The van der Waals surface area contributed by atoms with E-state index in [1.54, 1.807) is 0 Å². The lowest BCUT2D eigenvalue weighted by Gasteiger charge is -2.59. The van der Waals surface area contributed by atoms with Gasteiger partial charge in [0.2, 0.25) is 0 Å². The molecule has 1 rings (SSSR count). The number of likely N-dealkylation sites (tertiary alicyclic amines) is 1. The highest BCUT2D eigenvalue weighted by atomic mass is 16.3. The van der Waals surface area contributed by atoms with Gasteiger partial charge in [0.05, 0.1) is 5.60 Å². The van der Waals surface area contributed by atoms with Crippen LogP contribution in [0.5, 0.6) is 0 Å². The summed E-state index contributed by atoms with van der Waals surface area (Å²) in [4.78, 5) is 2.14. The van der Waals surface area contributed by atoms with Crippen molar-refractivity contribution in [3.63, 3.8) is 0 Å². The van der Waals surface area contributed by atoms with Crippen LogP contribution >= 0.6 is 0 Å². The second kappa shape index (κ2) is 3.72. The first-order chi connectivity index (χ1) is 6.72. The van der Waals surface area contributed by atoms with Crippen LogP contribution in [-0.4, -0.2) is 41.3 Å². The van der Waals surface area contributed by atoms with Gasteiger partial charge in [-0.15, -0.1) is 0 Å². The van der Waals surface area contributed by atoms with Crippen molar-refractivity contribution in [2.75, 3.05) is 20.1 Å². The van der Waals surface area contributed by atoms with Crippen molar-refractivity contribution in [1.82, 2.24) is 4.90 Å². The first-order valence-electron chi connectivity index (χ1n) is 5.92. The third kappa shape index (κ3) is 1.71. The molecule has 3 nitrogen and oxygen atoms in total. The van der Waals surface area contributed by atoms with Gasteiger partial charge in [0.1, 0.15) is 0 Å². The molecule has 0 saturated carbocycles. The zero-order chi connectivity index (χ0) is 11.9. The minimum absolute atomic E-state index is 0.207. The van der Waals surface area contributed by atoms with E-state index in [4.69, 9.17) is 5.73 Å². The Kier molecular flexibility index (Phi) is 3.21. The van der Waals surface area contributed by atoms with Crippen molar-refractivity contribution in [3.05, 3.63) is 0 Å². The Morgan fingerprint density at radius 1 is 1.20 bits per heavy atom. The molecule has 0 aliphatic carbocycles. The van der Waals surface area contributed by atoms with Crippen LogP contribution in [0.25, 0.3) is 0 Å². The molecule has 3 N–H and O–H groups in total. The third-order valence-corrected chi connectivity index (χ3v) is 4.76. The minimum atomic E-state index is -0.709. The molecule has 3 atom stereocenters. The van der Waals surface area contributed by atoms with Gasteiger partial charge in [0.25, 0.3) is 0 Å². The summed E-state index contributed by atoms with van der Waals surface area (Å²) in [5, 5.41) is 10.6. The fraction of sp³-hybridized carbons (Fsp3) is 1.00. The Labute approximate surface area is 93.6 Å². The quantitative estimate of drug-likeness (QED) is 0.726. The van der Waals surface area contributed by atoms with Gasteiger partial charge in [0.15, 0.2) is 0 Å². The predicted octanol–water partition coefficient (Wildman–Crippen LogP) is 1.21. The molecule has 0 aromatic rings. The van der Waals surface area contributed by atoms with Crippen molar-refractivity contribution < 1.29 is 5.11 Å². The van der Waals surface area contributed by atoms with E-state index in [0.29, 0.717) is 6.54 Å². The standard InChI is InChI=1S/C12H26N2O/c1-6-10(3)11(4,15)8-14(5)9-12(10,13)7-2/h15H,6-9,13H2,1-5H3/t10?,11-,12+/m1/s1. The monoisotopic (exact) mass is 214 g/mol. The molecule has 0 amide bonds. The predicted molar refractivity (Wildman–Crippen MR) is 63.7 cm³/mol. The maximum Gasteiger partial charge on any atom is 0.0817 e. The number of β-amino-alcohol motifs (C(OH)–C–C–N with tert-alkyl or cyclic N) is 1. The van der Waals surface area contributed by atoms with E-state index in [0.717, 1.165) is 19.4 Å². The molecule has 1 aliphatic rings. The number of likely N-dealkylation sites (N-methyl/N-ethyl adjacent to an activating group) is 1. The molecule has 3 heteroatoms. The molecule has 0 bridgehead atoms. The zero-order valence-corrected chi connectivity index (χ0v) is 10.8. The first kappa shape index (κ1) is 12.9. The molecule has 1 aliphatic heterocycles. The van der Waals surface area contributed by atoms with E-state index >= 15 is 0 Å². The molecule has 0 aromatic carbocycles. The second-order valence-corrected chi connectivity index (χ2v) is 5.64. The van der Waals surface area contributed by atoms with Crippen LogP contribution in [0, 0.1) is 5.41 Å². The summed E-state index contributed by atoms with van der Waals surface area (Å²) in [6, 6.07) is 0. The number of nitrogens with two attached hydrogens (primary N) is 1. The van der Waals surface area contributed by atoms with Gasteiger partial charge in [-0.3, -0.25) is 0 Å². The van der Waals surface area contributed by atoms with Gasteiger partial charge >= 0.3 is 0 Å². The van der Waals surface area contributed by atoms with Crippen LogP contribution in [0.15, 0.2) is 0 Å². The van der Waals surface area contributed by atoms with Crippen LogP contribution in [0.2, 0.25) is 0 Å². The molecule has 15 heavy (non-hydrogen) atoms. The summed E-state index contributed by atoms with van der Waals surface area (Å²) in [6.07, 6.45) is 1.82. The Morgan fingerprint density at radius 3 is 2.13 bits per heavy atom. The molecule has 0 spiro atoms. The molecule has 1 fully saturated rings. The molecular formula is C12H26N2O. The van der Waals surface area contributed by atoms with E-state index in [2.05, 4.69) is 25.7 Å². The van der Waals surface area contributed by atoms with Gasteiger partial charge in [-0.05, 0) is 26.8 Å². The van der Waals surface area contributed by atoms with Gasteiger partial charge in [-0.1, -0.05) is 20.8 Å². The molecule has 1 unspecified atom stereocenters. The van der Waals surface area contributed by atoms with E-state index in [9.17, 15) is 5.11 Å². The average molecular weight is 214 g/mol. The molecule has 90 valence electrons. The average Bonchev–Trinajstić information content (AvgIpc) is 2.13. The number of hydrogen-bond acceptors (Lipinski definition) is 3. The maximum absolute atomic E-state index is 10.6. The smallest absolute Gasteiger partial charge is 0.0817 e. The van der Waals surface area contributed by atoms with Crippen molar-refractivity contribution in [2.45, 2.75) is 51.7 Å². The second-order valence-electron chi connectivity index (χ2n) is 5.64. The number of piperidine rings is 1. The Bertz CT molecular complexity index is 242. The van der Waals surface area contributed by atoms with E-state index < -0.39 is 5.60 Å². The van der Waals surface area contributed by atoms with E-state index in [1.165, 1.54) is 0 Å². The third-order valence-electron chi connectivity index (χ3n) is 4.76. The summed E-state index contributed by atoms with van der Waals surface area (Å²) in [5.74, 6) is 0. The first-order valence-corrected chi connectivity index (χ1v) is 5.92. The van der Waals surface area contributed by atoms with Crippen LogP contribution in [0.1, 0.15) is 40.5 Å². The van der Waals surface area contributed by atoms with E-state index in [-0.39, 0.29) is 11.0 Å². The van der Waals surface area contributed by atoms with Gasteiger partial charge < -0.3 is 15.7 Å². The van der Waals surface area contributed by atoms with Crippen molar-refractivity contribution >= 4 is 0 Å². The molecular weight excluding hydrogens is 188 g/mol. The molecule has 1 saturated heterocycles. The number of rotatable bonds is 2. The minimum Gasteiger partial charge on any atom is -0.388 e. The molecule has 0 radical (unpaired) electrons. The lowest BCUT2D eigenvalue weighted by molar-refractivity contribution is -0.156. The summed E-state index contributed by atoms with van der Waals surface area (Å²) >= 11 is 0. The summed E-state index contributed by atoms with van der Waals surface area (Å²) in [7, 11) is 2.03. The van der Waals surface area contributed by atoms with Gasteiger partial charge in [0, 0.05) is 24.0 Å². The Morgan fingerprint density at radius 2 is 1.73 bits per heavy atom. The zero-order valence-electron chi connectivity index (χ0n) is 10.8. The highest BCUT2D eigenvalue weighted by molar-refractivity contribution is 5.13. The van der Waals surface area contributed by atoms with Crippen LogP contribution in [0.3, 0.4) is 0 Å². The van der Waals surface area contributed by atoms with Crippen LogP contribution < -0.4 is 5.73 Å². The number of hydrogen-bond donors (Lipinski definition) is 2. The Hall–Kier alpha value is -0.120. The fourth-order valence-corrected chi connectivity index (χ4v) is 3.18. The van der Waals surface area contributed by atoms with E-state index in [1.807, 2.05) is 14.0 Å². The highest BCUT2D eigenvalue weighted by Gasteiger charge is 2.57. The van der Waals surface area contributed by atoms with Gasteiger partial charge in [-0.25, -0.2) is 0 Å². The number of aliphatic hydroxyl groups is 1. The lowest BCUT2D eigenvalue weighted by Crippen LogP contribution is -2.73. The van der Waals surface area contributed by atoms with Crippen LogP contribution in [0.4, 0.5) is 0 Å². The van der Waals surface area contributed by atoms with Crippen molar-refractivity contribution in [2.24, 2.45) is 11.1 Å². The van der Waals surface area contributed by atoms with Gasteiger partial charge in [-0.2, -0.15) is 0 Å². The summed E-state index contributed by atoms with van der Waals surface area (Å²) in [6.45, 7) is 9.85. The topological polar surface area (TPSA) is 49.5 Å². The highest BCUT2D eigenvalue weighted by Crippen LogP contribution is 2.48. The maximum atomic E-state index is 10.6. The molecule has 0 aromatic heterocycles.